The van der Waals surface area contributed by atoms with Crippen molar-refractivity contribution in [2.75, 3.05) is 6.61 Å². The molecule has 0 spiro atoms. The van der Waals surface area contributed by atoms with Crippen LogP contribution < -0.4 is 10.1 Å². The molecule has 3 heteroatoms. The number of amides is 1. The summed E-state index contributed by atoms with van der Waals surface area (Å²) in [7, 11) is 0. The molecule has 0 saturated heterocycles. The minimum Gasteiger partial charge on any atom is -0.484 e. The van der Waals surface area contributed by atoms with Gasteiger partial charge in [0.25, 0.3) is 5.91 Å². The number of carbonyl (C=O) groups excluding carboxylic acids is 1. The predicted octanol–water partition coefficient (Wildman–Crippen LogP) is 4.63. The van der Waals surface area contributed by atoms with E-state index in [0.717, 1.165) is 17.7 Å². The lowest BCUT2D eigenvalue weighted by Gasteiger charge is -2.15. The molecule has 2 rings (SSSR count). The molecule has 0 heterocycles. The quantitative estimate of drug-likeness (QED) is 0.806. The zero-order chi connectivity index (χ0) is 17.5. The van der Waals surface area contributed by atoms with Crippen LogP contribution in [0.15, 0.2) is 48.5 Å². The number of hydrogen-bond donors (Lipinski definition) is 1. The van der Waals surface area contributed by atoms with Gasteiger partial charge in [0, 0.05) is 0 Å². The highest BCUT2D eigenvalue weighted by Gasteiger charge is 2.10. The molecule has 1 N–H and O–H groups in total. The van der Waals surface area contributed by atoms with E-state index in [1.165, 1.54) is 11.1 Å². The third-order valence-corrected chi connectivity index (χ3v) is 4.18. The van der Waals surface area contributed by atoms with Crippen LogP contribution in [0.3, 0.4) is 0 Å². The molecule has 0 unspecified atom stereocenters. The molecule has 0 fully saturated rings. The van der Waals surface area contributed by atoms with Gasteiger partial charge in [-0.05, 0) is 48.1 Å². The Labute approximate surface area is 145 Å². The molecule has 2 aromatic carbocycles. The van der Waals surface area contributed by atoms with E-state index >= 15 is 0 Å². The van der Waals surface area contributed by atoms with E-state index in [9.17, 15) is 4.79 Å². The number of nitrogens with one attached hydrogen (secondary N) is 1. The Hall–Kier alpha value is -2.29. The second-order valence-corrected chi connectivity index (χ2v) is 6.40. The van der Waals surface area contributed by atoms with Crippen LogP contribution in [-0.4, -0.2) is 12.5 Å². The summed E-state index contributed by atoms with van der Waals surface area (Å²) >= 11 is 0. The molecule has 0 radical (unpaired) electrons. The van der Waals surface area contributed by atoms with Crippen molar-refractivity contribution in [1.29, 1.82) is 0 Å². The predicted molar refractivity (Wildman–Crippen MR) is 98.4 cm³/mol. The van der Waals surface area contributed by atoms with Crippen molar-refractivity contribution in [3.05, 3.63) is 65.2 Å². The van der Waals surface area contributed by atoms with Gasteiger partial charge in [-0.2, -0.15) is 0 Å². The molecule has 0 aliphatic rings. The van der Waals surface area contributed by atoms with Crippen LogP contribution in [0, 0.1) is 0 Å². The van der Waals surface area contributed by atoms with Crippen molar-refractivity contribution >= 4 is 5.91 Å². The van der Waals surface area contributed by atoms with Crippen molar-refractivity contribution in [2.45, 2.75) is 46.1 Å². The first kappa shape index (κ1) is 18.1. The Morgan fingerprint density at radius 3 is 2.08 bits per heavy atom. The van der Waals surface area contributed by atoms with Crippen LogP contribution >= 0.6 is 0 Å². The first-order chi connectivity index (χ1) is 11.5. The third-order valence-electron chi connectivity index (χ3n) is 4.18. The summed E-state index contributed by atoms with van der Waals surface area (Å²) in [6.07, 6.45) is 1.02. The van der Waals surface area contributed by atoms with Gasteiger partial charge in [-0.1, -0.05) is 57.2 Å². The first-order valence-electron chi connectivity index (χ1n) is 8.60. The average molecular weight is 325 g/mol. The van der Waals surface area contributed by atoms with Gasteiger partial charge in [-0.25, -0.2) is 0 Å². The number of hydrogen-bond acceptors (Lipinski definition) is 2. The second-order valence-electron chi connectivity index (χ2n) is 6.40. The third kappa shape index (κ3) is 5.12. The molecular weight excluding hydrogens is 298 g/mol. The lowest BCUT2D eigenvalue weighted by molar-refractivity contribution is -0.123. The maximum atomic E-state index is 12.1. The molecular formula is C21H27NO2. The molecule has 1 amide bonds. The lowest BCUT2D eigenvalue weighted by atomic mass is 10.0. The van der Waals surface area contributed by atoms with Gasteiger partial charge in [0.05, 0.1) is 6.04 Å². The van der Waals surface area contributed by atoms with Gasteiger partial charge in [-0.3, -0.25) is 4.79 Å². The topological polar surface area (TPSA) is 38.3 Å². The van der Waals surface area contributed by atoms with Gasteiger partial charge in [-0.15, -0.1) is 0 Å². The highest BCUT2D eigenvalue weighted by molar-refractivity contribution is 5.78. The Morgan fingerprint density at radius 1 is 0.958 bits per heavy atom. The number of rotatable bonds is 7. The highest BCUT2D eigenvalue weighted by Crippen LogP contribution is 2.18. The molecule has 0 bridgehead atoms. The maximum absolute atomic E-state index is 12.1. The Kier molecular flexibility index (Phi) is 6.42. The Morgan fingerprint density at radius 2 is 1.54 bits per heavy atom. The second kappa shape index (κ2) is 8.53. The normalized spacial score (nSPS) is 12.0. The van der Waals surface area contributed by atoms with Crippen LogP contribution in [0.25, 0.3) is 0 Å². The lowest BCUT2D eigenvalue weighted by Crippen LogP contribution is -2.31. The minimum absolute atomic E-state index is 0.0262. The summed E-state index contributed by atoms with van der Waals surface area (Å²) < 4.78 is 5.56. The van der Waals surface area contributed by atoms with Gasteiger partial charge in [0.1, 0.15) is 5.75 Å². The van der Waals surface area contributed by atoms with E-state index in [1.807, 2.05) is 31.2 Å². The highest BCUT2D eigenvalue weighted by atomic mass is 16.5. The first-order valence-corrected chi connectivity index (χ1v) is 8.60. The van der Waals surface area contributed by atoms with Gasteiger partial charge in [0.2, 0.25) is 0 Å². The van der Waals surface area contributed by atoms with Gasteiger partial charge in [0.15, 0.2) is 6.61 Å². The summed E-state index contributed by atoms with van der Waals surface area (Å²) in [6.45, 7) is 8.44. The monoisotopic (exact) mass is 325 g/mol. The van der Waals surface area contributed by atoms with Crippen molar-refractivity contribution in [3.8, 4) is 5.75 Å². The number of carbonyl (C=O) groups is 1. The van der Waals surface area contributed by atoms with Crippen LogP contribution in [0.1, 0.15) is 56.3 Å². The Balaban J connectivity index is 1.83. The summed E-state index contributed by atoms with van der Waals surface area (Å²) in [4.78, 5) is 12.1. The van der Waals surface area contributed by atoms with Crippen LogP contribution in [0.4, 0.5) is 0 Å². The van der Waals surface area contributed by atoms with Gasteiger partial charge < -0.3 is 10.1 Å². The Bertz CT molecular complexity index is 645. The zero-order valence-electron chi connectivity index (χ0n) is 15.0. The van der Waals surface area contributed by atoms with Gasteiger partial charge >= 0.3 is 0 Å². The summed E-state index contributed by atoms with van der Waals surface area (Å²) in [5.74, 6) is 1.09. The minimum atomic E-state index is -0.116. The fourth-order valence-corrected chi connectivity index (χ4v) is 2.51. The molecule has 2 aromatic rings. The fourth-order valence-electron chi connectivity index (χ4n) is 2.51. The average Bonchev–Trinajstić information content (AvgIpc) is 2.60. The van der Waals surface area contributed by atoms with Crippen molar-refractivity contribution in [3.63, 3.8) is 0 Å². The number of aryl methyl sites for hydroxylation is 1. The van der Waals surface area contributed by atoms with E-state index in [2.05, 4.69) is 50.4 Å². The molecule has 3 nitrogen and oxygen atoms in total. The van der Waals surface area contributed by atoms with E-state index in [4.69, 9.17) is 4.74 Å². The molecule has 0 saturated carbocycles. The zero-order valence-corrected chi connectivity index (χ0v) is 15.0. The molecule has 0 aliphatic carbocycles. The smallest absolute Gasteiger partial charge is 0.258 e. The number of benzene rings is 2. The standard InChI is InChI=1S/C21H27NO2/c1-5-17-6-8-19(9-7-17)16(4)22-21(23)14-24-20-12-10-18(11-13-20)15(2)3/h6-13,15-16H,5,14H2,1-4H3,(H,22,23)/t16-/m0/s1. The van der Waals surface area contributed by atoms with Crippen LogP contribution in [0.2, 0.25) is 0 Å². The maximum Gasteiger partial charge on any atom is 0.258 e. The summed E-state index contributed by atoms with van der Waals surface area (Å²) in [5.41, 5.74) is 3.66. The fraction of sp³-hybridized carbons (Fsp3) is 0.381. The molecule has 0 aromatic heterocycles. The number of ether oxygens (including phenoxy) is 1. The molecule has 24 heavy (non-hydrogen) atoms. The van der Waals surface area contributed by atoms with E-state index < -0.39 is 0 Å². The summed E-state index contributed by atoms with van der Waals surface area (Å²) in [5, 5.41) is 2.97. The molecule has 0 aliphatic heterocycles. The largest absolute Gasteiger partial charge is 0.484 e. The SMILES string of the molecule is CCc1ccc([C@H](C)NC(=O)COc2ccc(C(C)C)cc2)cc1. The van der Waals surface area contributed by atoms with E-state index in [0.29, 0.717) is 5.92 Å². The van der Waals surface area contributed by atoms with Crippen molar-refractivity contribution < 1.29 is 9.53 Å². The van der Waals surface area contributed by atoms with Crippen molar-refractivity contribution in [1.82, 2.24) is 5.32 Å². The van der Waals surface area contributed by atoms with E-state index in [-0.39, 0.29) is 18.6 Å². The van der Waals surface area contributed by atoms with Crippen LogP contribution in [-0.2, 0) is 11.2 Å². The molecule has 1 atom stereocenters. The molecule has 128 valence electrons. The summed E-state index contributed by atoms with van der Waals surface area (Å²) in [6, 6.07) is 16.2. The van der Waals surface area contributed by atoms with Crippen molar-refractivity contribution in [2.24, 2.45) is 0 Å². The van der Waals surface area contributed by atoms with Crippen LogP contribution in [0.5, 0.6) is 5.75 Å². The van der Waals surface area contributed by atoms with E-state index in [1.54, 1.807) is 0 Å².